The zero-order valence-electron chi connectivity index (χ0n) is 13.7. The summed E-state index contributed by atoms with van der Waals surface area (Å²) in [5, 5.41) is 10.6. The van der Waals surface area contributed by atoms with Gasteiger partial charge in [0.1, 0.15) is 0 Å². The molecule has 1 saturated carbocycles. The normalized spacial score (nSPS) is 26.5. The van der Waals surface area contributed by atoms with Crippen molar-refractivity contribution in [1.29, 1.82) is 0 Å². The van der Waals surface area contributed by atoms with Crippen LogP contribution in [0.5, 0.6) is 0 Å². The smallest absolute Gasteiger partial charge is 0.475 e. The molecule has 2 N–H and O–H groups in total. The minimum atomic E-state index is -5.08. The number of nitrogens with one attached hydrogen (secondary N) is 1. The van der Waals surface area contributed by atoms with E-state index in [9.17, 15) is 13.2 Å². The van der Waals surface area contributed by atoms with Crippen molar-refractivity contribution in [2.45, 2.75) is 38.3 Å². The summed E-state index contributed by atoms with van der Waals surface area (Å²) in [5.41, 5.74) is 0.521. The van der Waals surface area contributed by atoms with E-state index in [1.165, 1.54) is 45.2 Å². The zero-order valence-corrected chi connectivity index (χ0v) is 13.7. The molecule has 0 bridgehead atoms. The number of carbonyl (C=O) groups is 1. The molecule has 140 valence electrons. The molecule has 3 fully saturated rings. The largest absolute Gasteiger partial charge is 0.490 e. The van der Waals surface area contributed by atoms with Gasteiger partial charge < -0.3 is 19.9 Å². The molecular formula is C16H26F3NO4. The Bertz CT molecular complexity index is 398. The van der Waals surface area contributed by atoms with E-state index in [1.54, 1.807) is 0 Å². The van der Waals surface area contributed by atoms with Crippen molar-refractivity contribution in [2.75, 3.05) is 39.5 Å². The molecule has 0 aromatic rings. The minimum absolute atomic E-state index is 0.521. The van der Waals surface area contributed by atoms with Gasteiger partial charge in [-0.05, 0) is 56.5 Å². The first-order chi connectivity index (χ1) is 11.3. The lowest BCUT2D eigenvalue weighted by atomic mass is 9.66. The molecule has 1 unspecified atom stereocenters. The highest BCUT2D eigenvalue weighted by Gasteiger charge is 2.42. The molecular weight excluding hydrogens is 327 g/mol. The summed E-state index contributed by atoms with van der Waals surface area (Å²) in [5.74, 6) is -1.24. The van der Waals surface area contributed by atoms with Crippen molar-refractivity contribution in [3.8, 4) is 0 Å². The zero-order chi connectivity index (χ0) is 17.6. The standard InChI is InChI=1S/C14H25NO2.C2HF3O2/c1-2-12(1)9-17-11-13-10-16-8-5-14(13)3-6-15-7-4-14;3-2(4,5)1(6)7/h12-13,15H,1-11H2;(H,6,7). The van der Waals surface area contributed by atoms with Crippen molar-refractivity contribution >= 4 is 5.97 Å². The van der Waals surface area contributed by atoms with Crippen molar-refractivity contribution in [2.24, 2.45) is 17.3 Å². The molecule has 1 spiro atoms. The third-order valence-corrected chi connectivity index (χ3v) is 5.14. The molecule has 1 aliphatic carbocycles. The SMILES string of the molecule is C1CC2(CCN1)CCOCC2COCC1CC1.O=C(O)C(F)(F)F. The first-order valence-electron chi connectivity index (χ1n) is 8.50. The molecule has 3 aliphatic rings. The topological polar surface area (TPSA) is 67.8 Å². The second-order valence-electron chi connectivity index (χ2n) is 6.92. The van der Waals surface area contributed by atoms with Gasteiger partial charge in [0.2, 0.25) is 0 Å². The van der Waals surface area contributed by atoms with Crippen LogP contribution in [-0.4, -0.2) is 56.8 Å². The Kier molecular flexibility index (Phi) is 6.88. The number of ether oxygens (including phenoxy) is 2. The molecule has 0 amide bonds. The molecule has 8 heteroatoms. The van der Waals surface area contributed by atoms with Gasteiger partial charge >= 0.3 is 12.1 Å². The molecule has 24 heavy (non-hydrogen) atoms. The van der Waals surface area contributed by atoms with Crippen LogP contribution >= 0.6 is 0 Å². The van der Waals surface area contributed by atoms with Crippen LogP contribution in [0.15, 0.2) is 0 Å². The third-order valence-electron chi connectivity index (χ3n) is 5.14. The van der Waals surface area contributed by atoms with Gasteiger partial charge in [-0.1, -0.05) is 0 Å². The highest BCUT2D eigenvalue weighted by molar-refractivity contribution is 5.73. The maximum atomic E-state index is 10.6. The van der Waals surface area contributed by atoms with Crippen LogP contribution in [-0.2, 0) is 14.3 Å². The van der Waals surface area contributed by atoms with Gasteiger partial charge in [-0.25, -0.2) is 4.79 Å². The average molecular weight is 353 g/mol. The number of halogens is 3. The molecule has 5 nitrogen and oxygen atoms in total. The molecule has 1 atom stereocenters. The van der Waals surface area contributed by atoms with Crippen LogP contribution in [0.3, 0.4) is 0 Å². The molecule has 2 aliphatic heterocycles. The first-order valence-corrected chi connectivity index (χ1v) is 8.50. The maximum absolute atomic E-state index is 10.6. The van der Waals surface area contributed by atoms with Gasteiger partial charge in [-0.3, -0.25) is 0 Å². The number of carboxylic acids is 1. The molecule has 3 rings (SSSR count). The second-order valence-corrected chi connectivity index (χ2v) is 6.92. The highest BCUT2D eigenvalue weighted by atomic mass is 19.4. The summed E-state index contributed by atoms with van der Waals surface area (Å²) in [4.78, 5) is 8.90. The quantitative estimate of drug-likeness (QED) is 0.813. The van der Waals surface area contributed by atoms with E-state index < -0.39 is 12.1 Å². The van der Waals surface area contributed by atoms with Gasteiger partial charge in [0.05, 0.1) is 13.2 Å². The lowest BCUT2D eigenvalue weighted by Crippen LogP contribution is -2.48. The molecule has 0 aromatic carbocycles. The maximum Gasteiger partial charge on any atom is 0.490 e. The van der Waals surface area contributed by atoms with Crippen molar-refractivity contribution in [3.05, 3.63) is 0 Å². The summed E-state index contributed by atoms with van der Waals surface area (Å²) in [6, 6.07) is 0. The Hall–Kier alpha value is -0.860. The van der Waals surface area contributed by atoms with Gasteiger partial charge in [0.15, 0.2) is 0 Å². The van der Waals surface area contributed by atoms with E-state index >= 15 is 0 Å². The van der Waals surface area contributed by atoms with E-state index in [0.717, 1.165) is 32.3 Å². The summed E-state index contributed by atoms with van der Waals surface area (Å²) in [6.45, 7) is 6.16. The van der Waals surface area contributed by atoms with Crippen LogP contribution in [0.4, 0.5) is 13.2 Å². The van der Waals surface area contributed by atoms with Crippen molar-refractivity contribution < 1.29 is 32.5 Å². The van der Waals surface area contributed by atoms with E-state index in [4.69, 9.17) is 19.4 Å². The second kappa shape index (κ2) is 8.49. The summed E-state index contributed by atoms with van der Waals surface area (Å²) >= 11 is 0. The highest BCUT2D eigenvalue weighted by Crippen LogP contribution is 2.43. The monoisotopic (exact) mass is 353 g/mol. The van der Waals surface area contributed by atoms with Gasteiger partial charge in [0.25, 0.3) is 0 Å². The Morgan fingerprint density at radius 2 is 1.83 bits per heavy atom. The van der Waals surface area contributed by atoms with Crippen molar-refractivity contribution in [3.63, 3.8) is 0 Å². The summed E-state index contributed by atoms with van der Waals surface area (Å²) < 4.78 is 43.3. The molecule has 0 aromatic heterocycles. The fourth-order valence-electron chi connectivity index (χ4n) is 3.35. The number of hydrogen-bond acceptors (Lipinski definition) is 4. The number of rotatable bonds is 4. The number of hydrogen-bond donors (Lipinski definition) is 2. The first kappa shape index (κ1) is 19.5. The molecule has 2 heterocycles. The Morgan fingerprint density at radius 1 is 1.21 bits per heavy atom. The summed E-state index contributed by atoms with van der Waals surface area (Å²) in [6.07, 6.45) is 1.56. The number of piperidine rings is 1. The fourth-order valence-corrected chi connectivity index (χ4v) is 3.35. The molecule has 2 saturated heterocycles. The Morgan fingerprint density at radius 3 is 2.38 bits per heavy atom. The van der Waals surface area contributed by atoms with Crippen LogP contribution in [0.2, 0.25) is 0 Å². The number of aliphatic carboxylic acids is 1. The fraction of sp³-hybridized carbons (Fsp3) is 0.938. The van der Waals surface area contributed by atoms with Crippen molar-refractivity contribution in [1.82, 2.24) is 5.32 Å². The van der Waals surface area contributed by atoms with Crippen LogP contribution in [0, 0.1) is 17.3 Å². The molecule has 0 radical (unpaired) electrons. The van der Waals surface area contributed by atoms with E-state index in [0.29, 0.717) is 11.3 Å². The average Bonchev–Trinajstić information content (AvgIpc) is 3.34. The van der Waals surface area contributed by atoms with Crippen LogP contribution in [0.25, 0.3) is 0 Å². The van der Waals surface area contributed by atoms with Gasteiger partial charge in [-0.2, -0.15) is 13.2 Å². The summed E-state index contributed by atoms with van der Waals surface area (Å²) in [7, 11) is 0. The Balaban J connectivity index is 0.000000256. The van der Waals surface area contributed by atoms with E-state index in [2.05, 4.69) is 5.32 Å². The lowest BCUT2D eigenvalue weighted by Gasteiger charge is -2.46. The van der Waals surface area contributed by atoms with Crippen LogP contribution in [0.1, 0.15) is 32.1 Å². The Labute approximate surface area is 139 Å². The number of carboxylic acid groups (broad SMARTS) is 1. The van der Waals surface area contributed by atoms with E-state index in [1.807, 2.05) is 0 Å². The minimum Gasteiger partial charge on any atom is -0.475 e. The number of alkyl halides is 3. The predicted molar refractivity (Wildman–Crippen MR) is 80.7 cm³/mol. The van der Waals surface area contributed by atoms with Gasteiger partial charge in [-0.15, -0.1) is 0 Å². The van der Waals surface area contributed by atoms with Crippen LogP contribution < -0.4 is 5.32 Å². The predicted octanol–water partition coefficient (Wildman–Crippen LogP) is 2.45. The van der Waals surface area contributed by atoms with Gasteiger partial charge in [0, 0.05) is 19.1 Å². The lowest BCUT2D eigenvalue weighted by molar-refractivity contribution is -0.192. The van der Waals surface area contributed by atoms with E-state index in [-0.39, 0.29) is 0 Å². The third kappa shape index (κ3) is 5.89.